The largest absolute Gasteiger partial charge is 0.494 e. The first-order chi connectivity index (χ1) is 12.6. The summed E-state index contributed by atoms with van der Waals surface area (Å²) in [6, 6.07) is 9.17. The molecular formula is C20H27N3O3. The Bertz CT molecular complexity index is 719. The van der Waals surface area contributed by atoms with Crippen LogP contribution in [0.2, 0.25) is 0 Å². The lowest BCUT2D eigenvalue weighted by Crippen LogP contribution is -2.10. The lowest BCUT2D eigenvalue weighted by Gasteiger charge is -2.09. The maximum Gasteiger partial charge on any atom is 0.357 e. The molecule has 2 N–H and O–H groups in total. The summed E-state index contributed by atoms with van der Waals surface area (Å²) in [6.07, 6.45) is 5.97. The molecule has 0 amide bonds. The Kier molecular flexibility index (Phi) is 7.86. The minimum Gasteiger partial charge on any atom is -0.494 e. The van der Waals surface area contributed by atoms with Gasteiger partial charge in [0.05, 0.1) is 18.9 Å². The van der Waals surface area contributed by atoms with Gasteiger partial charge in [-0.05, 0) is 31.5 Å². The number of rotatable bonds is 10. The van der Waals surface area contributed by atoms with Crippen LogP contribution in [0, 0.1) is 0 Å². The van der Waals surface area contributed by atoms with E-state index in [2.05, 4.69) is 16.9 Å². The summed E-state index contributed by atoms with van der Waals surface area (Å²) in [5, 5.41) is 0. The monoisotopic (exact) mass is 357 g/mol. The van der Waals surface area contributed by atoms with Crippen molar-refractivity contribution in [3.63, 3.8) is 0 Å². The SMILES string of the molecule is CCCCCCCOc1cccc(-c2cc(C(=O)OCC)nc(N)n2)c1. The van der Waals surface area contributed by atoms with E-state index in [4.69, 9.17) is 15.2 Å². The van der Waals surface area contributed by atoms with Crippen LogP contribution in [0.15, 0.2) is 30.3 Å². The van der Waals surface area contributed by atoms with Crippen LogP contribution in [0.3, 0.4) is 0 Å². The van der Waals surface area contributed by atoms with E-state index in [1.54, 1.807) is 13.0 Å². The Labute approximate surface area is 154 Å². The summed E-state index contributed by atoms with van der Waals surface area (Å²) in [4.78, 5) is 20.1. The highest BCUT2D eigenvalue weighted by atomic mass is 16.5. The highest BCUT2D eigenvalue weighted by Gasteiger charge is 2.13. The fraction of sp³-hybridized carbons (Fsp3) is 0.450. The quantitative estimate of drug-likeness (QED) is 0.505. The number of unbranched alkanes of at least 4 members (excludes halogenated alkanes) is 4. The second kappa shape index (κ2) is 10.4. The third-order valence-electron chi connectivity index (χ3n) is 3.87. The molecule has 0 unspecified atom stereocenters. The molecule has 0 atom stereocenters. The number of nitrogen functional groups attached to an aromatic ring is 1. The molecular weight excluding hydrogens is 330 g/mol. The van der Waals surface area contributed by atoms with E-state index < -0.39 is 5.97 Å². The van der Waals surface area contributed by atoms with Gasteiger partial charge in [0, 0.05) is 5.56 Å². The Balaban J connectivity index is 2.06. The fourth-order valence-corrected chi connectivity index (χ4v) is 2.56. The molecule has 1 heterocycles. The van der Waals surface area contributed by atoms with Gasteiger partial charge < -0.3 is 15.2 Å². The number of nitrogens with two attached hydrogens (primary N) is 1. The topological polar surface area (TPSA) is 87.3 Å². The maximum atomic E-state index is 11.9. The lowest BCUT2D eigenvalue weighted by molar-refractivity contribution is 0.0519. The zero-order valence-corrected chi connectivity index (χ0v) is 15.5. The molecule has 2 aromatic rings. The standard InChI is InChI=1S/C20H27N3O3/c1-3-5-6-7-8-12-26-16-11-9-10-15(13-16)17-14-18(19(24)25-4-2)23-20(21)22-17/h9-11,13-14H,3-8,12H2,1-2H3,(H2,21,22,23). The van der Waals surface area contributed by atoms with Crippen molar-refractivity contribution in [1.29, 1.82) is 0 Å². The summed E-state index contributed by atoms with van der Waals surface area (Å²) in [5.74, 6) is 0.294. The number of hydrogen-bond acceptors (Lipinski definition) is 6. The van der Waals surface area contributed by atoms with Gasteiger partial charge in [-0.25, -0.2) is 14.8 Å². The highest BCUT2D eigenvalue weighted by Crippen LogP contribution is 2.24. The number of esters is 1. The zero-order chi connectivity index (χ0) is 18.8. The van der Waals surface area contributed by atoms with Gasteiger partial charge in [-0.1, -0.05) is 44.7 Å². The molecule has 6 heteroatoms. The van der Waals surface area contributed by atoms with E-state index in [-0.39, 0.29) is 18.2 Å². The van der Waals surface area contributed by atoms with Crippen molar-refractivity contribution in [1.82, 2.24) is 9.97 Å². The second-order valence-electron chi connectivity index (χ2n) is 6.01. The average Bonchev–Trinajstić information content (AvgIpc) is 2.64. The van der Waals surface area contributed by atoms with Gasteiger partial charge in [0.1, 0.15) is 5.75 Å². The van der Waals surface area contributed by atoms with Gasteiger partial charge in [0.25, 0.3) is 0 Å². The summed E-state index contributed by atoms with van der Waals surface area (Å²) >= 11 is 0. The number of carbonyl (C=O) groups excluding carboxylic acids is 1. The summed E-state index contributed by atoms with van der Waals surface area (Å²) in [7, 11) is 0. The van der Waals surface area contributed by atoms with Crippen molar-refractivity contribution < 1.29 is 14.3 Å². The van der Waals surface area contributed by atoms with E-state index in [0.29, 0.717) is 12.3 Å². The van der Waals surface area contributed by atoms with E-state index in [9.17, 15) is 4.79 Å². The number of benzene rings is 1. The number of anilines is 1. The van der Waals surface area contributed by atoms with Crippen LogP contribution in [-0.4, -0.2) is 29.2 Å². The molecule has 0 saturated carbocycles. The first-order valence-corrected chi connectivity index (χ1v) is 9.19. The van der Waals surface area contributed by atoms with Gasteiger partial charge in [0.2, 0.25) is 5.95 Å². The van der Waals surface area contributed by atoms with Crippen LogP contribution in [0.4, 0.5) is 5.95 Å². The Hall–Kier alpha value is -2.63. The van der Waals surface area contributed by atoms with E-state index in [0.717, 1.165) is 17.7 Å². The average molecular weight is 357 g/mol. The van der Waals surface area contributed by atoms with Gasteiger partial charge >= 0.3 is 5.97 Å². The number of carbonyl (C=O) groups is 1. The molecule has 0 aliphatic heterocycles. The minimum absolute atomic E-state index is 0.0350. The third kappa shape index (κ3) is 6.02. The normalized spacial score (nSPS) is 10.5. The lowest BCUT2D eigenvalue weighted by atomic mass is 10.1. The zero-order valence-electron chi connectivity index (χ0n) is 15.5. The Morgan fingerprint density at radius 1 is 1.08 bits per heavy atom. The Morgan fingerprint density at radius 2 is 1.88 bits per heavy atom. The number of ether oxygens (including phenoxy) is 2. The van der Waals surface area contributed by atoms with Gasteiger partial charge in [-0.2, -0.15) is 0 Å². The molecule has 140 valence electrons. The third-order valence-corrected chi connectivity index (χ3v) is 3.87. The molecule has 6 nitrogen and oxygen atoms in total. The maximum absolute atomic E-state index is 11.9. The van der Waals surface area contributed by atoms with Crippen molar-refractivity contribution in [3.05, 3.63) is 36.0 Å². The van der Waals surface area contributed by atoms with Gasteiger partial charge in [-0.3, -0.25) is 0 Å². The fourth-order valence-electron chi connectivity index (χ4n) is 2.56. The molecule has 0 aliphatic rings. The predicted octanol–water partition coefficient (Wildman–Crippen LogP) is 4.25. The molecule has 0 bridgehead atoms. The minimum atomic E-state index is -0.512. The molecule has 2 rings (SSSR count). The van der Waals surface area contributed by atoms with Crippen molar-refractivity contribution in [2.75, 3.05) is 18.9 Å². The summed E-state index contributed by atoms with van der Waals surface area (Å²) < 4.78 is 10.8. The van der Waals surface area contributed by atoms with Crippen molar-refractivity contribution in [2.24, 2.45) is 0 Å². The smallest absolute Gasteiger partial charge is 0.357 e. The molecule has 0 radical (unpaired) electrons. The van der Waals surface area contributed by atoms with Crippen LogP contribution < -0.4 is 10.5 Å². The van der Waals surface area contributed by atoms with Crippen LogP contribution in [-0.2, 0) is 4.74 Å². The van der Waals surface area contributed by atoms with Gasteiger partial charge in [0.15, 0.2) is 5.69 Å². The van der Waals surface area contributed by atoms with Crippen LogP contribution in [0.5, 0.6) is 5.75 Å². The van der Waals surface area contributed by atoms with Gasteiger partial charge in [-0.15, -0.1) is 0 Å². The first kappa shape index (κ1) is 19.7. The van der Waals surface area contributed by atoms with E-state index >= 15 is 0 Å². The first-order valence-electron chi connectivity index (χ1n) is 9.19. The highest BCUT2D eigenvalue weighted by molar-refractivity contribution is 5.88. The summed E-state index contributed by atoms with van der Waals surface area (Å²) in [6.45, 7) is 4.91. The van der Waals surface area contributed by atoms with Crippen molar-refractivity contribution >= 4 is 11.9 Å². The number of aromatic nitrogens is 2. The molecule has 0 spiro atoms. The number of hydrogen-bond donors (Lipinski definition) is 1. The molecule has 26 heavy (non-hydrogen) atoms. The van der Waals surface area contributed by atoms with E-state index in [1.165, 1.54) is 25.7 Å². The van der Waals surface area contributed by atoms with Crippen molar-refractivity contribution in [3.8, 4) is 17.0 Å². The summed E-state index contributed by atoms with van der Waals surface area (Å²) in [5.41, 5.74) is 7.27. The second-order valence-corrected chi connectivity index (χ2v) is 6.01. The van der Waals surface area contributed by atoms with Crippen molar-refractivity contribution in [2.45, 2.75) is 46.0 Å². The Morgan fingerprint density at radius 3 is 2.65 bits per heavy atom. The van der Waals surface area contributed by atoms with Crippen LogP contribution in [0.25, 0.3) is 11.3 Å². The van der Waals surface area contributed by atoms with E-state index in [1.807, 2.05) is 24.3 Å². The predicted molar refractivity (Wildman–Crippen MR) is 102 cm³/mol. The molecule has 1 aromatic heterocycles. The molecule has 0 aliphatic carbocycles. The number of nitrogens with zero attached hydrogens (tertiary/aromatic N) is 2. The molecule has 1 aromatic carbocycles. The van der Waals surface area contributed by atoms with Crippen LogP contribution in [0.1, 0.15) is 56.4 Å². The van der Waals surface area contributed by atoms with Crippen LogP contribution >= 0.6 is 0 Å². The molecule has 0 fully saturated rings. The molecule has 0 saturated heterocycles.